The number of anilines is 5. The third-order valence-electron chi connectivity index (χ3n) is 12.5. The second-order valence-corrected chi connectivity index (χ2v) is 16.6. The van der Waals surface area contributed by atoms with Crippen molar-refractivity contribution in [1.82, 2.24) is 29.7 Å². The summed E-state index contributed by atoms with van der Waals surface area (Å²) >= 11 is 0. The molecule has 1 saturated carbocycles. The molecule has 0 radical (unpaired) electrons. The van der Waals surface area contributed by atoms with Crippen LogP contribution in [0.25, 0.3) is 22.2 Å². The number of nitrogens with one attached hydrogen (secondary N) is 3. The number of piperazine rings is 1. The second-order valence-electron chi connectivity index (χ2n) is 16.6. The van der Waals surface area contributed by atoms with E-state index in [0.29, 0.717) is 35.0 Å². The van der Waals surface area contributed by atoms with E-state index in [4.69, 9.17) is 9.72 Å². The van der Waals surface area contributed by atoms with E-state index in [0.717, 1.165) is 78.7 Å². The van der Waals surface area contributed by atoms with Crippen molar-refractivity contribution in [2.24, 2.45) is 5.92 Å². The van der Waals surface area contributed by atoms with Gasteiger partial charge in [0, 0.05) is 112 Å². The van der Waals surface area contributed by atoms with Crippen molar-refractivity contribution in [3.8, 4) is 17.0 Å². The van der Waals surface area contributed by atoms with Gasteiger partial charge in [0.05, 0.1) is 41.0 Å². The van der Waals surface area contributed by atoms with Gasteiger partial charge in [0.25, 0.3) is 11.8 Å². The molecule has 2 aromatic heterocycles. The molecule has 16 nitrogen and oxygen atoms in total. The summed E-state index contributed by atoms with van der Waals surface area (Å²) in [5.74, 6) is -0.757. The highest BCUT2D eigenvalue weighted by Crippen LogP contribution is 2.42. The Morgan fingerprint density at radius 2 is 1.66 bits per heavy atom. The van der Waals surface area contributed by atoms with Crippen LogP contribution in [0.15, 0.2) is 73.1 Å². The second kappa shape index (κ2) is 15.3. The minimum absolute atomic E-state index is 0.0817. The van der Waals surface area contributed by atoms with Crippen LogP contribution in [0.5, 0.6) is 5.75 Å². The molecule has 6 heterocycles. The molecule has 3 saturated heterocycles. The normalized spacial score (nSPS) is 19.6. The monoisotopic (exact) mass is 822 g/mol. The average Bonchev–Trinajstić information content (AvgIpc) is 3.97. The minimum atomic E-state index is -0.987. The molecule has 1 unspecified atom stereocenters. The molecule has 1 aliphatic carbocycles. The SMILES string of the molecule is COc1cc(N2CCN(CC3CN(c4ccc5c(c4)C(=O)N(C4CCC(=O)NC4=O)C5=O)C3)CC2)c(NC(C)=O)cc1Nc1nccc(-c2cn(C3CC3)c3ccccc23)n1. The number of piperidine rings is 1. The van der Waals surface area contributed by atoms with Crippen molar-refractivity contribution in [3.05, 3.63) is 84.2 Å². The number of hydrogen-bond acceptors (Lipinski definition) is 12. The number of rotatable bonds is 11. The standard InChI is InChI=1S/C45H46N10O6/c1-26(56)47-35-20-36(49-45-46-14-13-34(48-45)33-25-54(28-7-8-28)37-6-4-3-5-30(33)37)40(61-2)21-39(35)52-17-15-51(16-18-52)22-27-23-53(24-27)29-9-10-31-32(19-29)44(60)55(43(31)59)38-11-12-41(57)50-42(38)58/h3-6,9-10,13-14,19-21,25,27-28,38H,7-8,11-12,15-18,22-24H2,1-2H3,(H,47,56)(H,46,48,49)(H,50,57,58). The number of ether oxygens (including phenoxy) is 1. The third kappa shape index (κ3) is 7.19. The zero-order valence-corrected chi connectivity index (χ0v) is 34.0. The fourth-order valence-corrected chi connectivity index (χ4v) is 9.23. The predicted octanol–water partition coefficient (Wildman–Crippen LogP) is 4.80. The Kier molecular flexibility index (Phi) is 9.65. The van der Waals surface area contributed by atoms with Crippen LogP contribution in [0.3, 0.4) is 0 Å². The zero-order chi connectivity index (χ0) is 41.9. The number of amides is 5. The summed E-state index contributed by atoms with van der Waals surface area (Å²) < 4.78 is 8.25. The van der Waals surface area contributed by atoms with Gasteiger partial charge in [-0.1, -0.05) is 18.2 Å². The number of benzene rings is 3. The van der Waals surface area contributed by atoms with Gasteiger partial charge in [-0.2, -0.15) is 0 Å². The van der Waals surface area contributed by atoms with Crippen LogP contribution in [0, 0.1) is 5.92 Å². The minimum Gasteiger partial charge on any atom is -0.494 e. The molecule has 10 rings (SSSR count). The van der Waals surface area contributed by atoms with Crippen molar-refractivity contribution >= 4 is 69.1 Å². The zero-order valence-electron chi connectivity index (χ0n) is 34.0. The van der Waals surface area contributed by atoms with Crippen molar-refractivity contribution < 1.29 is 28.7 Å². The fourth-order valence-electron chi connectivity index (χ4n) is 9.23. The van der Waals surface area contributed by atoms with Crippen LogP contribution in [-0.4, -0.2) is 113 Å². The van der Waals surface area contributed by atoms with Gasteiger partial charge in [-0.25, -0.2) is 9.97 Å². The summed E-state index contributed by atoms with van der Waals surface area (Å²) in [6, 6.07) is 19.0. The number of hydrogen-bond donors (Lipinski definition) is 3. The van der Waals surface area contributed by atoms with Gasteiger partial charge in [-0.15, -0.1) is 0 Å². The summed E-state index contributed by atoms with van der Waals surface area (Å²) in [7, 11) is 1.63. The van der Waals surface area contributed by atoms with Gasteiger partial charge in [0.15, 0.2) is 0 Å². The molecule has 0 spiro atoms. The Morgan fingerprint density at radius 1 is 0.869 bits per heavy atom. The fraction of sp³-hybridized carbons (Fsp3) is 0.356. The molecule has 5 aliphatic rings. The van der Waals surface area contributed by atoms with Crippen molar-refractivity contribution in [2.45, 2.75) is 44.7 Å². The smallest absolute Gasteiger partial charge is 0.262 e. The average molecular weight is 823 g/mol. The van der Waals surface area contributed by atoms with E-state index in [1.807, 2.05) is 24.3 Å². The summed E-state index contributed by atoms with van der Waals surface area (Å²) in [6.45, 7) is 7.22. The maximum atomic E-state index is 13.4. The van der Waals surface area contributed by atoms with Gasteiger partial charge < -0.3 is 29.7 Å². The molecule has 4 fully saturated rings. The molecular weight excluding hydrogens is 777 g/mol. The maximum absolute atomic E-state index is 13.4. The lowest BCUT2D eigenvalue weighted by Crippen LogP contribution is -2.55. The lowest BCUT2D eigenvalue weighted by molar-refractivity contribution is -0.136. The lowest BCUT2D eigenvalue weighted by Gasteiger charge is -2.45. The van der Waals surface area contributed by atoms with Gasteiger partial charge >= 0.3 is 0 Å². The molecule has 5 aromatic rings. The van der Waals surface area contributed by atoms with Crippen molar-refractivity contribution in [1.29, 1.82) is 0 Å². The number of para-hydroxylation sites is 1. The molecule has 3 aromatic carbocycles. The van der Waals surface area contributed by atoms with Crippen LogP contribution >= 0.6 is 0 Å². The first-order chi connectivity index (χ1) is 29.6. The van der Waals surface area contributed by atoms with E-state index in [1.165, 1.54) is 25.3 Å². The first-order valence-corrected chi connectivity index (χ1v) is 20.9. The summed E-state index contributed by atoms with van der Waals surface area (Å²) in [5, 5.41) is 9.80. The number of carbonyl (C=O) groups is 5. The Morgan fingerprint density at radius 3 is 2.41 bits per heavy atom. The van der Waals surface area contributed by atoms with E-state index in [9.17, 15) is 24.0 Å². The Labute approximate surface area is 351 Å². The molecule has 61 heavy (non-hydrogen) atoms. The lowest BCUT2D eigenvalue weighted by atomic mass is 9.97. The Bertz CT molecular complexity index is 2630. The number of fused-ring (bicyclic) bond motifs is 2. The highest BCUT2D eigenvalue weighted by Gasteiger charge is 2.45. The Hall–Kier alpha value is -6.81. The summed E-state index contributed by atoms with van der Waals surface area (Å²) in [4.78, 5) is 80.5. The van der Waals surface area contributed by atoms with Gasteiger partial charge in [-0.05, 0) is 55.7 Å². The molecular formula is C45H46N10O6. The van der Waals surface area contributed by atoms with E-state index >= 15 is 0 Å². The molecule has 4 aliphatic heterocycles. The highest BCUT2D eigenvalue weighted by molar-refractivity contribution is 6.23. The number of methoxy groups -OCH3 is 1. The van der Waals surface area contributed by atoms with Gasteiger partial charge in [-0.3, -0.25) is 39.1 Å². The molecule has 5 amide bonds. The number of nitrogens with zero attached hydrogens (tertiary/aromatic N) is 7. The molecule has 0 bridgehead atoms. The van der Waals surface area contributed by atoms with E-state index < -0.39 is 29.7 Å². The molecule has 312 valence electrons. The number of carbonyl (C=O) groups excluding carboxylic acids is 5. The topological polar surface area (TPSA) is 174 Å². The van der Waals surface area contributed by atoms with Gasteiger partial charge in [0.2, 0.25) is 23.7 Å². The van der Waals surface area contributed by atoms with Crippen LogP contribution in [0.1, 0.15) is 59.4 Å². The quantitative estimate of drug-likeness (QED) is 0.156. The van der Waals surface area contributed by atoms with Gasteiger partial charge in [0.1, 0.15) is 11.8 Å². The van der Waals surface area contributed by atoms with E-state index in [2.05, 4.69) is 70.7 Å². The van der Waals surface area contributed by atoms with Crippen LogP contribution in [0.4, 0.5) is 28.7 Å². The van der Waals surface area contributed by atoms with Crippen LogP contribution in [-0.2, 0) is 14.4 Å². The molecule has 1 atom stereocenters. The number of aromatic nitrogens is 3. The first-order valence-electron chi connectivity index (χ1n) is 20.9. The molecule has 16 heteroatoms. The predicted molar refractivity (Wildman–Crippen MR) is 229 cm³/mol. The van der Waals surface area contributed by atoms with Crippen LogP contribution in [0.2, 0.25) is 0 Å². The maximum Gasteiger partial charge on any atom is 0.262 e. The first kappa shape index (κ1) is 38.4. The van der Waals surface area contributed by atoms with Crippen LogP contribution < -0.4 is 30.5 Å². The van der Waals surface area contributed by atoms with Crippen molar-refractivity contribution in [2.75, 3.05) is 73.4 Å². The Balaban J connectivity index is 0.780. The largest absolute Gasteiger partial charge is 0.494 e. The van der Waals surface area contributed by atoms with Crippen molar-refractivity contribution in [3.63, 3.8) is 0 Å². The summed E-state index contributed by atoms with van der Waals surface area (Å²) in [5.41, 5.74) is 6.67. The third-order valence-corrected chi connectivity index (χ3v) is 12.5. The van der Waals surface area contributed by atoms with E-state index in [-0.39, 0.29) is 29.9 Å². The number of imide groups is 2. The summed E-state index contributed by atoms with van der Waals surface area (Å²) in [6.07, 6.45) is 6.53. The highest BCUT2D eigenvalue weighted by atomic mass is 16.5. The molecule has 3 N–H and O–H groups in total. The van der Waals surface area contributed by atoms with E-state index in [1.54, 1.807) is 25.4 Å².